The summed E-state index contributed by atoms with van der Waals surface area (Å²) in [7, 11) is 0. The van der Waals surface area contributed by atoms with Gasteiger partial charge in [0.25, 0.3) is 0 Å². The first-order valence-corrected chi connectivity index (χ1v) is 5.04. The molecule has 0 saturated carbocycles. The molecule has 6 nitrogen and oxygen atoms in total. The van der Waals surface area contributed by atoms with Crippen LogP contribution in [0.15, 0.2) is 31.1 Å². The van der Waals surface area contributed by atoms with E-state index in [-0.39, 0.29) is 6.04 Å². The molecule has 2 aromatic heterocycles. The van der Waals surface area contributed by atoms with Crippen molar-refractivity contribution in [1.29, 1.82) is 0 Å². The number of nitrogens with zero attached hydrogens (tertiary/aromatic N) is 4. The maximum absolute atomic E-state index is 5.50. The van der Waals surface area contributed by atoms with E-state index >= 15 is 0 Å². The van der Waals surface area contributed by atoms with Gasteiger partial charge in [-0.15, -0.1) is 0 Å². The molecule has 6 heteroatoms. The van der Waals surface area contributed by atoms with Gasteiger partial charge in [-0.25, -0.2) is 15.0 Å². The lowest BCUT2D eigenvalue weighted by Crippen LogP contribution is -2.22. The largest absolute Gasteiger partial charge is 0.396 e. The second kappa shape index (κ2) is 4.61. The standard InChI is InChI=1S/C10H14N6/c1-8(6-16-3-2-12-7-16)15-10-13-4-9(11)5-14-10/h2-5,7-8H,6,11H2,1H3,(H,13,14,15). The summed E-state index contributed by atoms with van der Waals surface area (Å²) in [5.41, 5.74) is 6.06. The van der Waals surface area contributed by atoms with Crippen molar-refractivity contribution < 1.29 is 0 Å². The van der Waals surface area contributed by atoms with E-state index in [4.69, 9.17) is 5.73 Å². The quantitative estimate of drug-likeness (QED) is 0.791. The number of hydrogen-bond acceptors (Lipinski definition) is 5. The van der Waals surface area contributed by atoms with E-state index in [0.29, 0.717) is 11.6 Å². The van der Waals surface area contributed by atoms with Crippen LogP contribution in [0.2, 0.25) is 0 Å². The minimum absolute atomic E-state index is 0.220. The number of imidazole rings is 1. The highest BCUT2D eigenvalue weighted by Crippen LogP contribution is 2.03. The Morgan fingerprint density at radius 1 is 1.44 bits per heavy atom. The average molecular weight is 218 g/mol. The fourth-order valence-electron chi connectivity index (χ4n) is 1.39. The maximum atomic E-state index is 5.50. The Morgan fingerprint density at radius 3 is 2.81 bits per heavy atom. The van der Waals surface area contributed by atoms with Crippen molar-refractivity contribution in [3.8, 4) is 0 Å². The van der Waals surface area contributed by atoms with Crippen molar-refractivity contribution in [2.75, 3.05) is 11.1 Å². The Bertz CT molecular complexity index is 421. The topological polar surface area (TPSA) is 81.7 Å². The van der Waals surface area contributed by atoms with Crippen molar-refractivity contribution in [1.82, 2.24) is 19.5 Å². The van der Waals surface area contributed by atoms with Crippen molar-refractivity contribution in [2.24, 2.45) is 0 Å². The van der Waals surface area contributed by atoms with Crippen molar-refractivity contribution in [3.05, 3.63) is 31.1 Å². The lowest BCUT2D eigenvalue weighted by molar-refractivity contribution is 0.615. The van der Waals surface area contributed by atoms with Gasteiger partial charge in [0.15, 0.2) is 0 Å². The summed E-state index contributed by atoms with van der Waals surface area (Å²) in [6, 6.07) is 0.220. The Hall–Kier alpha value is -2.11. The smallest absolute Gasteiger partial charge is 0.222 e. The Balaban J connectivity index is 1.92. The molecule has 0 fully saturated rings. The molecule has 0 aliphatic rings. The van der Waals surface area contributed by atoms with Gasteiger partial charge < -0.3 is 15.6 Å². The lowest BCUT2D eigenvalue weighted by Gasteiger charge is -2.13. The first-order valence-electron chi connectivity index (χ1n) is 5.04. The summed E-state index contributed by atoms with van der Waals surface area (Å²) in [5.74, 6) is 0.585. The van der Waals surface area contributed by atoms with E-state index in [1.807, 2.05) is 10.8 Å². The highest BCUT2D eigenvalue weighted by Gasteiger charge is 2.04. The molecular weight excluding hydrogens is 204 g/mol. The summed E-state index contributed by atoms with van der Waals surface area (Å²) in [5, 5.41) is 3.18. The fourth-order valence-corrected chi connectivity index (χ4v) is 1.39. The first kappa shape index (κ1) is 10.4. The van der Waals surface area contributed by atoms with Crippen molar-refractivity contribution in [3.63, 3.8) is 0 Å². The van der Waals surface area contributed by atoms with Crippen LogP contribution in [0.1, 0.15) is 6.92 Å². The van der Waals surface area contributed by atoms with Gasteiger partial charge in [-0.05, 0) is 6.92 Å². The fraction of sp³-hybridized carbons (Fsp3) is 0.300. The van der Waals surface area contributed by atoms with E-state index in [9.17, 15) is 0 Å². The SMILES string of the molecule is CC(Cn1ccnc1)Nc1ncc(N)cn1. The average Bonchev–Trinajstić information content (AvgIpc) is 2.74. The van der Waals surface area contributed by atoms with Gasteiger partial charge >= 0.3 is 0 Å². The Kier molecular flexibility index (Phi) is 3.00. The summed E-state index contributed by atoms with van der Waals surface area (Å²) in [6.07, 6.45) is 8.62. The van der Waals surface area contributed by atoms with Crippen LogP contribution in [0.3, 0.4) is 0 Å². The zero-order valence-corrected chi connectivity index (χ0v) is 9.04. The van der Waals surface area contributed by atoms with E-state index < -0.39 is 0 Å². The Labute approximate surface area is 93.6 Å². The minimum Gasteiger partial charge on any atom is -0.396 e. The second-order valence-corrected chi connectivity index (χ2v) is 3.64. The molecule has 1 unspecified atom stereocenters. The minimum atomic E-state index is 0.220. The second-order valence-electron chi connectivity index (χ2n) is 3.64. The normalized spacial score (nSPS) is 12.3. The van der Waals surface area contributed by atoms with Crippen LogP contribution in [0.4, 0.5) is 11.6 Å². The van der Waals surface area contributed by atoms with E-state index in [0.717, 1.165) is 6.54 Å². The highest BCUT2D eigenvalue weighted by molar-refractivity contribution is 5.36. The molecule has 2 rings (SSSR count). The number of nitrogen functional groups attached to an aromatic ring is 1. The van der Waals surface area contributed by atoms with Crippen LogP contribution in [0.5, 0.6) is 0 Å². The molecule has 0 bridgehead atoms. The summed E-state index contributed by atoms with van der Waals surface area (Å²) >= 11 is 0. The summed E-state index contributed by atoms with van der Waals surface area (Å²) in [4.78, 5) is 12.1. The van der Waals surface area contributed by atoms with Gasteiger partial charge in [-0.2, -0.15) is 0 Å². The van der Waals surface area contributed by atoms with Crippen LogP contribution in [0.25, 0.3) is 0 Å². The number of anilines is 2. The van der Waals surface area contributed by atoms with Gasteiger partial charge in [-0.1, -0.05) is 0 Å². The molecule has 0 aliphatic heterocycles. The molecule has 1 atom stereocenters. The maximum Gasteiger partial charge on any atom is 0.222 e. The molecule has 2 aromatic rings. The lowest BCUT2D eigenvalue weighted by atomic mass is 10.3. The van der Waals surface area contributed by atoms with Gasteiger partial charge in [-0.3, -0.25) is 0 Å². The number of rotatable bonds is 4. The van der Waals surface area contributed by atoms with Gasteiger partial charge in [0.2, 0.25) is 5.95 Å². The summed E-state index contributed by atoms with van der Waals surface area (Å²) in [6.45, 7) is 2.87. The predicted molar refractivity (Wildman–Crippen MR) is 61.8 cm³/mol. The third-order valence-corrected chi connectivity index (χ3v) is 2.09. The third kappa shape index (κ3) is 2.69. The molecule has 84 valence electrons. The third-order valence-electron chi connectivity index (χ3n) is 2.09. The van der Waals surface area contributed by atoms with Gasteiger partial charge in [0.1, 0.15) is 0 Å². The van der Waals surface area contributed by atoms with Crippen molar-refractivity contribution >= 4 is 11.6 Å². The van der Waals surface area contributed by atoms with Crippen LogP contribution in [-0.4, -0.2) is 25.6 Å². The van der Waals surface area contributed by atoms with Crippen LogP contribution in [-0.2, 0) is 6.54 Å². The molecule has 16 heavy (non-hydrogen) atoms. The molecule has 3 N–H and O–H groups in total. The van der Waals surface area contributed by atoms with Crippen LogP contribution < -0.4 is 11.1 Å². The van der Waals surface area contributed by atoms with E-state index in [1.165, 1.54) is 0 Å². The highest BCUT2D eigenvalue weighted by atomic mass is 15.1. The molecule has 0 aliphatic carbocycles. The van der Waals surface area contributed by atoms with E-state index in [2.05, 4.69) is 27.2 Å². The van der Waals surface area contributed by atoms with Crippen LogP contribution in [0, 0.1) is 0 Å². The number of aromatic nitrogens is 4. The molecule has 0 radical (unpaired) electrons. The number of nitrogens with one attached hydrogen (secondary N) is 1. The van der Waals surface area contributed by atoms with Gasteiger partial charge in [0, 0.05) is 25.0 Å². The van der Waals surface area contributed by atoms with Crippen LogP contribution >= 0.6 is 0 Å². The number of hydrogen-bond donors (Lipinski definition) is 2. The predicted octanol–water partition coefficient (Wildman–Crippen LogP) is 0.756. The van der Waals surface area contributed by atoms with Crippen molar-refractivity contribution in [2.45, 2.75) is 19.5 Å². The zero-order chi connectivity index (χ0) is 11.4. The Morgan fingerprint density at radius 2 is 2.19 bits per heavy atom. The zero-order valence-electron chi connectivity index (χ0n) is 9.04. The first-order chi connectivity index (χ1) is 7.74. The molecule has 2 heterocycles. The molecule has 0 saturated heterocycles. The molecule has 0 aromatic carbocycles. The van der Waals surface area contributed by atoms with Gasteiger partial charge in [0.05, 0.1) is 24.4 Å². The van der Waals surface area contributed by atoms with E-state index in [1.54, 1.807) is 24.9 Å². The monoisotopic (exact) mass is 218 g/mol. The molecular formula is C10H14N6. The summed E-state index contributed by atoms with van der Waals surface area (Å²) < 4.78 is 2.00. The number of nitrogens with two attached hydrogens (primary N) is 1. The molecule has 0 spiro atoms. The molecule has 0 amide bonds.